The van der Waals surface area contributed by atoms with Gasteiger partial charge in [-0.15, -0.1) is 0 Å². The van der Waals surface area contributed by atoms with E-state index < -0.39 is 0 Å². The summed E-state index contributed by atoms with van der Waals surface area (Å²) in [5.74, 6) is 0.0201. The number of hydrogen-bond donors (Lipinski definition) is 1. The minimum absolute atomic E-state index is 0.0410. The topological polar surface area (TPSA) is 52.7 Å². The summed E-state index contributed by atoms with van der Waals surface area (Å²) in [4.78, 5) is 30.8. The fourth-order valence-electron chi connectivity index (χ4n) is 7.27. The van der Waals surface area contributed by atoms with Crippen molar-refractivity contribution in [3.63, 3.8) is 0 Å². The number of rotatable bonds is 35. The highest BCUT2D eigenvalue weighted by atomic mass is 16.2. The van der Waals surface area contributed by atoms with Crippen molar-refractivity contribution >= 4 is 11.9 Å². The SMILES string of the molecule is CCCCC/C=C\C/C=C\CCCCCCCCC(CCCCCCCC/C=C\C/C=C\CCCCC)C(=O)N(CCCN1CCCC1)C(=O)NC. The molecule has 300 valence electrons. The van der Waals surface area contributed by atoms with Gasteiger partial charge in [0.15, 0.2) is 0 Å². The number of carbonyl (C=O) groups excluding carboxylic acids is 2. The van der Waals surface area contributed by atoms with Crippen LogP contribution in [0.25, 0.3) is 0 Å². The number of allylic oxidation sites excluding steroid dienone is 8. The maximum atomic E-state index is 13.9. The maximum Gasteiger partial charge on any atom is 0.323 e. The molecule has 1 N–H and O–H groups in total. The molecule has 5 heteroatoms. The van der Waals surface area contributed by atoms with Gasteiger partial charge < -0.3 is 10.2 Å². The number of hydrogen-bond acceptors (Lipinski definition) is 3. The predicted molar refractivity (Wildman–Crippen MR) is 228 cm³/mol. The van der Waals surface area contributed by atoms with Crippen LogP contribution in [0.3, 0.4) is 0 Å². The molecule has 1 aliphatic rings. The van der Waals surface area contributed by atoms with Crippen molar-refractivity contribution in [2.75, 3.05) is 33.2 Å². The fraction of sp³-hybridized carbons (Fsp3) is 0.787. The number of nitrogens with one attached hydrogen (secondary N) is 1. The highest BCUT2D eigenvalue weighted by Gasteiger charge is 2.28. The van der Waals surface area contributed by atoms with Crippen LogP contribution in [-0.4, -0.2) is 55.0 Å². The summed E-state index contributed by atoms with van der Waals surface area (Å²) in [6.45, 7) is 8.32. The van der Waals surface area contributed by atoms with Gasteiger partial charge >= 0.3 is 6.03 Å². The van der Waals surface area contributed by atoms with Gasteiger partial charge in [-0.3, -0.25) is 9.69 Å². The Hall–Kier alpha value is -2.14. The summed E-state index contributed by atoms with van der Waals surface area (Å²) >= 11 is 0. The van der Waals surface area contributed by atoms with E-state index in [1.54, 1.807) is 11.9 Å². The van der Waals surface area contributed by atoms with E-state index in [2.05, 4.69) is 72.7 Å². The van der Waals surface area contributed by atoms with Crippen LogP contribution in [0.15, 0.2) is 48.6 Å². The Morgan fingerprint density at radius 3 is 1.38 bits per heavy atom. The summed E-state index contributed by atoms with van der Waals surface area (Å²) in [5, 5.41) is 2.76. The van der Waals surface area contributed by atoms with Crippen LogP contribution in [0.1, 0.15) is 200 Å². The Morgan fingerprint density at radius 1 is 0.558 bits per heavy atom. The number of imide groups is 1. The van der Waals surface area contributed by atoms with E-state index in [4.69, 9.17) is 0 Å². The number of urea groups is 1. The third-order valence-electron chi connectivity index (χ3n) is 10.6. The molecular formula is C47H85N3O2. The first-order valence-corrected chi connectivity index (χ1v) is 22.5. The quantitative estimate of drug-likeness (QED) is 0.0523. The Kier molecular flexibility index (Phi) is 34.2. The van der Waals surface area contributed by atoms with Crippen LogP contribution in [0, 0.1) is 5.92 Å². The lowest BCUT2D eigenvalue weighted by Crippen LogP contribution is -2.46. The molecule has 1 fully saturated rings. The Balaban J connectivity index is 2.39. The monoisotopic (exact) mass is 724 g/mol. The number of nitrogens with zero attached hydrogens (tertiary/aromatic N) is 2. The normalized spacial score (nSPS) is 14.0. The molecule has 1 aliphatic heterocycles. The lowest BCUT2D eigenvalue weighted by atomic mass is 9.92. The summed E-state index contributed by atoms with van der Waals surface area (Å²) < 4.78 is 0. The molecule has 52 heavy (non-hydrogen) atoms. The van der Waals surface area contributed by atoms with Gasteiger partial charge in [0.2, 0.25) is 5.91 Å². The molecule has 0 aromatic heterocycles. The van der Waals surface area contributed by atoms with Crippen LogP contribution < -0.4 is 5.32 Å². The van der Waals surface area contributed by atoms with Crippen molar-refractivity contribution in [1.29, 1.82) is 0 Å². The van der Waals surface area contributed by atoms with Crippen molar-refractivity contribution in [3.8, 4) is 0 Å². The molecule has 1 heterocycles. The molecule has 1 saturated heterocycles. The summed E-state index contributed by atoms with van der Waals surface area (Å²) in [7, 11) is 1.66. The lowest BCUT2D eigenvalue weighted by Gasteiger charge is -2.26. The van der Waals surface area contributed by atoms with Gasteiger partial charge in [-0.1, -0.05) is 152 Å². The smallest absolute Gasteiger partial charge is 0.323 e. The summed E-state index contributed by atoms with van der Waals surface area (Å²) in [5.41, 5.74) is 0. The average Bonchev–Trinajstić information content (AvgIpc) is 3.68. The second-order valence-electron chi connectivity index (χ2n) is 15.4. The minimum Gasteiger partial charge on any atom is -0.341 e. The maximum absolute atomic E-state index is 13.9. The van der Waals surface area contributed by atoms with E-state index in [9.17, 15) is 9.59 Å². The van der Waals surface area contributed by atoms with E-state index in [0.29, 0.717) is 6.54 Å². The number of unbranched alkanes of at least 4 members (excludes halogenated alkanes) is 18. The molecule has 0 aromatic rings. The Labute approximate surface area is 323 Å². The first-order chi connectivity index (χ1) is 25.6. The largest absolute Gasteiger partial charge is 0.341 e. The van der Waals surface area contributed by atoms with Gasteiger partial charge in [0.05, 0.1) is 0 Å². The van der Waals surface area contributed by atoms with E-state index in [0.717, 1.165) is 64.6 Å². The Bertz CT molecular complexity index is 885. The molecule has 0 atom stereocenters. The zero-order valence-corrected chi connectivity index (χ0v) is 34.7. The zero-order valence-electron chi connectivity index (χ0n) is 34.7. The number of carbonyl (C=O) groups is 2. The van der Waals surface area contributed by atoms with Crippen molar-refractivity contribution in [1.82, 2.24) is 15.1 Å². The standard InChI is InChI=1S/C47H85N3O2/c1-4-6-8-10-12-14-16-18-20-22-24-26-28-30-32-34-39-45(46(51)50(47(52)48-3)44-38-43-49-41-36-37-42-49)40-35-33-31-29-27-25-23-21-19-17-15-13-11-9-7-5-2/h12-15,18-21,45H,4-11,16-17,22-44H2,1-3H3,(H,48,52)/b14-12-,15-13-,20-18-,21-19-. The van der Waals surface area contributed by atoms with Crippen molar-refractivity contribution in [2.24, 2.45) is 5.92 Å². The zero-order chi connectivity index (χ0) is 37.6. The first kappa shape index (κ1) is 47.9. The molecule has 0 aromatic carbocycles. The van der Waals surface area contributed by atoms with Gasteiger partial charge in [-0.25, -0.2) is 4.79 Å². The number of likely N-dealkylation sites (tertiary alicyclic amines) is 1. The fourth-order valence-corrected chi connectivity index (χ4v) is 7.27. The molecule has 0 unspecified atom stereocenters. The molecule has 0 spiro atoms. The van der Waals surface area contributed by atoms with Crippen LogP contribution >= 0.6 is 0 Å². The Morgan fingerprint density at radius 2 is 0.962 bits per heavy atom. The van der Waals surface area contributed by atoms with E-state index >= 15 is 0 Å². The van der Waals surface area contributed by atoms with Crippen LogP contribution in [0.4, 0.5) is 4.79 Å². The minimum atomic E-state index is -0.231. The van der Waals surface area contributed by atoms with Crippen LogP contribution in [-0.2, 0) is 4.79 Å². The molecular weight excluding hydrogens is 639 g/mol. The van der Waals surface area contributed by atoms with Crippen LogP contribution in [0.2, 0.25) is 0 Å². The molecule has 0 aliphatic carbocycles. The average molecular weight is 724 g/mol. The number of amides is 3. The van der Waals surface area contributed by atoms with Gasteiger partial charge in [0, 0.05) is 19.5 Å². The predicted octanol–water partition coefficient (Wildman–Crippen LogP) is 13.7. The highest BCUT2D eigenvalue weighted by molar-refractivity contribution is 5.95. The third-order valence-corrected chi connectivity index (χ3v) is 10.6. The lowest BCUT2D eigenvalue weighted by molar-refractivity contribution is -0.133. The second-order valence-corrected chi connectivity index (χ2v) is 15.4. The van der Waals surface area contributed by atoms with Crippen molar-refractivity contribution in [3.05, 3.63) is 48.6 Å². The van der Waals surface area contributed by atoms with Gasteiger partial charge in [-0.2, -0.15) is 0 Å². The van der Waals surface area contributed by atoms with Gasteiger partial charge in [-0.05, 0) is 116 Å². The van der Waals surface area contributed by atoms with Gasteiger partial charge in [0.1, 0.15) is 0 Å². The molecule has 0 bridgehead atoms. The molecule has 1 rings (SSSR count). The highest BCUT2D eigenvalue weighted by Crippen LogP contribution is 2.23. The van der Waals surface area contributed by atoms with Crippen LogP contribution in [0.5, 0.6) is 0 Å². The molecule has 0 saturated carbocycles. The first-order valence-electron chi connectivity index (χ1n) is 22.5. The van der Waals surface area contributed by atoms with E-state index in [1.165, 1.54) is 141 Å². The van der Waals surface area contributed by atoms with Crippen molar-refractivity contribution in [2.45, 2.75) is 200 Å². The van der Waals surface area contributed by atoms with Gasteiger partial charge in [0.25, 0.3) is 0 Å². The summed E-state index contributed by atoms with van der Waals surface area (Å²) in [6, 6.07) is -0.231. The molecule has 5 nitrogen and oxygen atoms in total. The van der Waals surface area contributed by atoms with E-state index in [-0.39, 0.29) is 17.9 Å². The van der Waals surface area contributed by atoms with E-state index in [1.807, 2.05) is 0 Å². The summed E-state index contributed by atoms with van der Waals surface area (Å²) in [6.07, 6.45) is 53.3. The second kappa shape index (κ2) is 37.2. The molecule has 0 radical (unpaired) electrons. The van der Waals surface area contributed by atoms with Crippen molar-refractivity contribution < 1.29 is 9.59 Å². The molecule has 3 amide bonds. The third kappa shape index (κ3) is 28.4.